The highest BCUT2D eigenvalue weighted by Gasteiger charge is 2.44. The third-order valence-corrected chi connectivity index (χ3v) is 6.82. The molecule has 0 unspecified atom stereocenters. The van der Waals surface area contributed by atoms with E-state index in [1.165, 1.54) is 30.8 Å². The van der Waals surface area contributed by atoms with E-state index in [2.05, 4.69) is 15.4 Å². The lowest BCUT2D eigenvalue weighted by Gasteiger charge is -2.45. The molecule has 3 rings (SSSR count). The van der Waals surface area contributed by atoms with Crippen LogP contribution in [0.4, 0.5) is 0 Å². The first kappa shape index (κ1) is 20.1. The number of nitrogens with one attached hydrogen (secondary N) is 1. The summed E-state index contributed by atoms with van der Waals surface area (Å²) in [7, 11) is -1.01. The van der Waals surface area contributed by atoms with Gasteiger partial charge in [0.15, 0.2) is 5.69 Å². The van der Waals surface area contributed by atoms with Crippen LogP contribution in [0.15, 0.2) is 29.3 Å². The average Bonchev–Trinajstić information content (AvgIpc) is 3.20. The molecule has 2 aromatic rings. The second-order valence-electron chi connectivity index (χ2n) is 6.99. The van der Waals surface area contributed by atoms with Crippen LogP contribution in [0.5, 0.6) is 11.5 Å². The van der Waals surface area contributed by atoms with Gasteiger partial charge in [-0.15, -0.1) is 0 Å². The Bertz CT molecular complexity index is 958. The number of carbonyl (C=O) groups is 1. The van der Waals surface area contributed by atoms with E-state index in [0.717, 1.165) is 0 Å². The summed E-state index contributed by atoms with van der Waals surface area (Å²) in [5.41, 5.74) is -0.647. The molecule has 1 aliphatic heterocycles. The summed E-state index contributed by atoms with van der Waals surface area (Å²) in [6, 6.07) is 4.64. The molecule has 0 bridgehead atoms. The Morgan fingerprint density at radius 3 is 2.54 bits per heavy atom. The second-order valence-corrected chi connectivity index (χ2v) is 8.82. The van der Waals surface area contributed by atoms with E-state index in [4.69, 9.17) is 9.47 Å². The minimum atomic E-state index is -3.89. The number of amides is 1. The van der Waals surface area contributed by atoms with Crippen molar-refractivity contribution in [1.29, 1.82) is 0 Å². The first-order valence-electron chi connectivity index (χ1n) is 8.60. The molecule has 1 aromatic heterocycles. The summed E-state index contributed by atoms with van der Waals surface area (Å²) in [5, 5.41) is 9.86. The summed E-state index contributed by atoms with van der Waals surface area (Å²) in [5.74, 6) is 0.354. The topological polar surface area (TPSA) is 118 Å². The first-order valence-corrected chi connectivity index (χ1v) is 10.0. The Kier molecular flexibility index (Phi) is 5.31. The van der Waals surface area contributed by atoms with E-state index in [0.29, 0.717) is 5.75 Å². The number of hydrogen-bond acceptors (Lipinski definition) is 7. The van der Waals surface area contributed by atoms with Crippen molar-refractivity contribution >= 4 is 15.9 Å². The zero-order chi connectivity index (χ0) is 20.5. The van der Waals surface area contributed by atoms with Crippen LogP contribution in [0.2, 0.25) is 0 Å². The van der Waals surface area contributed by atoms with Crippen LogP contribution in [0, 0.1) is 0 Å². The van der Waals surface area contributed by atoms with Crippen molar-refractivity contribution in [2.24, 2.45) is 0 Å². The maximum Gasteiger partial charge on any atom is 0.276 e. The summed E-state index contributed by atoms with van der Waals surface area (Å²) >= 11 is 0. The molecule has 1 aliphatic rings. The predicted octanol–water partition coefficient (Wildman–Crippen LogP) is 0.747. The van der Waals surface area contributed by atoms with Gasteiger partial charge in [0.1, 0.15) is 16.4 Å². The summed E-state index contributed by atoms with van der Waals surface area (Å²) in [4.78, 5) is 14.2. The molecular formula is C17H23N5O5S. The number of nitrogens with zero attached hydrogens (tertiary/aromatic N) is 4. The fourth-order valence-corrected chi connectivity index (χ4v) is 5.27. The van der Waals surface area contributed by atoms with Gasteiger partial charge in [0.2, 0.25) is 10.0 Å². The van der Waals surface area contributed by atoms with Crippen molar-refractivity contribution in [1.82, 2.24) is 24.6 Å². The zero-order valence-electron chi connectivity index (χ0n) is 16.2. The molecule has 1 aromatic carbocycles. The minimum Gasteiger partial charge on any atom is -0.497 e. The second kappa shape index (κ2) is 7.40. The third kappa shape index (κ3) is 3.54. The van der Waals surface area contributed by atoms with Crippen LogP contribution in [0.3, 0.4) is 0 Å². The molecule has 0 aliphatic carbocycles. The maximum absolute atomic E-state index is 13.4. The summed E-state index contributed by atoms with van der Waals surface area (Å²) in [6.45, 7) is 4.14. The monoisotopic (exact) mass is 409 g/mol. The molecule has 1 N–H and O–H groups in total. The van der Waals surface area contributed by atoms with Gasteiger partial charge >= 0.3 is 0 Å². The number of benzene rings is 1. The largest absolute Gasteiger partial charge is 0.497 e. The highest BCUT2D eigenvalue weighted by molar-refractivity contribution is 7.89. The quantitative estimate of drug-likeness (QED) is 0.774. The van der Waals surface area contributed by atoms with Crippen molar-refractivity contribution in [3.8, 4) is 11.5 Å². The maximum atomic E-state index is 13.4. The van der Waals surface area contributed by atoms with E-state index in [1.807, 2.05) is 0 Å². The molecular weight excluding hydrogens is 386 g/mol. The molecule has 0 radical (unpaired) electrons. The number of sulfonamides is 1. The third-order valence-electron chi connectivity index (χ3n) is 4.69. The fraction of sp³-hybridized carbons (Fsp3) is 0.471. The van der Waals surface area contributed by atoms with Crippen molar-refractivity contribution in [2.75, 3.05) is 33.9 Å². The van der Waals surface area contributed by atoms with Gasteiger partial charge in [-0.3, -0.25) is 4.79 Å². The standard InChI is InChI=1S/C17H23N5O5S/c1-17(2)11-21(16(23)13-10-18-20-19-13)7-8-22(17)28(24,25)15-9-12(26-3)5-6-14(15)27-4/h5-6,9-10H,7-8,11H2,1-4H3,(H,18,19,20). The SMILES string of the molecule is COc1ccc(OC)c(S(=O)(=O)N2CCN(C(=O)c3cn[nH]n3)CC2(C)C)c1. The Labute approximate surface area is 163 Å². The van der Waals surface area contributed by atoms with E-state index >= 15 is 0 Å². The van der Waals surface area contributed by atoms with E-state index < -0.39 is 15.6 Å². The van der Waals surface area contributed by atoms with Crippen LogP contribution in [0.1, 0.15) is 24.3 Å². The van der Waals surface area contributed by atoms with E-state index in [-0.39, 0.29) is 41.9 Å². The van der Waals surface area contributed by atoms with Gasteiger partial charge in [-0.1, -0.05) is 0 Å². The average molecular weight is 409 g/mol. The van der Waals surface area contributed by atoms with E-state index in [1.54, 1.807) is 30.9 Å². The predicted molar refractivity (Wildman–Crippen MR) is 99.8 cm³/mol. The van der Waals surface area contributed by atoms with Crippen LogP contribution in [-0.2, 0) is 10.0 Å². The van der Waals surface area contributed by atoms with Gasteiger partial charge in [-0.25, -0.2) is 8.42 Å². The molecule has 152 valence electrons. The van der Waals surface area contributed by atoms with Crippen LogP contribution in [0.25, 0.3) is 0 Å². The van der Waals surface area contributed by atoms with Crippen LogP contribution < -0.4 is 9.47 Å². The number of rotatable bonds is 5. The lowest BCUT2D eigenvalue weighted by molar-refractivity contribution is 0.0489. The minimum absolute atomic E-state index is 0.0266. The first-order chi connectivity index (χ1) is 13.2. The molecule has 0 atom stereocenters. The highest BCUT2D eigenvalue weighted by atomic mass is 32.2. The Balaban J connectivity index is 1.91. The lowest BCUT2D eigenvalue weighted by atomic mass is 10.0. The number of hydrogen-bond donors (Lipinski definition) is 1. The van der Waals surface area contributed by atoms with Gasteiger partial charge in [-0.05, 0) is 26.0 Å². The highest BCUT2D eigenvalue weighted by Crippen LogP contribution is 2.35. The zero-order valence-corrected chi connectivity index (χ0v) is 17.0. The Hall–Kier alpha value is -2.66. The van der Waals surface area contributed by atoms with Crippen LogP contribution in [-0.4, -0.2) is 78.3 Å². The number of methoxy groups -OCH3 is 2. The number of carbonyl (C=O) groups excluding carboxylic acids is 1. The van der Waals surface area contributed by atoms with Gasteiger partial charge in [-0.2, -0.15) is 19.7 Å². The van der Waals surface area contributed by atoms with Gasteiger partial charge < -0.3 is 14.4 Å². The molecule has 0 saturated carbocycles. The molecule has 10 nitrogen and oxygen atoms in total. The number of H-pyrrole nitrogens is 1. The summed E-state index contributed by atoms with van der Waals surface area (Å²) in [6.07, 6.45) is 1.35. The Morgan fingerprint density at radius 1 is 1.21 bits per heavy atom. The van der Waals surface area contributed by atoms with Crippen molar-refractivity contribution in [3.05, 3.63) is 30.1 Å². The summed E-state index contributed by atoms with van der Waals surface area (Å²) < 4.78 is 38.6. The van der Waals surface area contributed by atoms with Crippen molar-refractivity contribution in [3.63, 3.8) is 0 Å². The number of ether oxygens (including phenoxy) is 2. The van der Waals surface area contributed by atoms with Crippen molar-refractivity contribution < 1.29 is 22.7 Å². The molecule has 0 spiro atoms. The molecule has 28 heavy (non-hydrogen) atoms. The molecule has 1 amide bonds. The van der Waals surface area contributed by atoms with Crippen molar-refractivity contribution in [2.45, 2.75) is 24.3 Å². The van der Waals surface area contributed by atoms with Gasteiger partial charge in [0, 0.05) is 31.2 Å². The van der Waals surface area contributed by atoms with Gasteiger partial charge in [0.25, 0.3) is 5.91 Å². The number of aromatic amines is 1. The Morgan fingerprint density at radius 2 is 1.96 bits per heavy atom. The fourth-order valence-electron chi connectivity index (χ4n) is 3.33. The van der Waals surface area contributed by atoms with Crippen LogP contribution >= 0.6 is 0 Å². The molecule has 1 saturated heterocycles. The molecule has 11 heteroatoms. The molecule has 2 heterocycles. The lowest BCUT2D eigenvalue weighted by Crippen LogP contribution is -2.61. The van der Waals surface area contributed by atoms with E-state index in [9.17, 15) is 13.2 Å². The van der Waals surface area contributed by atoms with Gasteiger partial charge in [0.05, 0.1) is 20.4 Å². The number of aromatic nitrogens is 3. The number of piperazine rings is 1. The normalized spacial score (nSPS) is 17.4. The smallest absolute Gasteiger partial charge is 0.276 e. The molecule has 1 fully saturated rings.